The van der Waals surface area contributed by atoms with E-state index in [9.17, 15) is 4.79 Å². The lowest BCUT2D eigenvalue weighted by atomic mass is 9.87. The molecule has 0 bridgehead atoms. The van der Waals surface area contributed by atoms with E-state index in [0.717, 1.165) is 31.5 Å². The third kappa shape index (κ3) is 7.16. The smallest absolute Gasteiger partial charge is 0.410 e. The first-order chi connectivity index (χ1) is 9.69. The van der Waals surface area contributed by atoms with Crippen LogP contribution in [0.1, 0.15) is 59.8 Å². The van der Waals surface area contributed by atoms with Crippen molar-refractivity contribution in [3.63, 3.8) is 0 Å². The van der Waals surface area contributed by atoms with Crippen molar-refractivity contribution < 1.29 is 9.53 Å². The number of hydrogen-bond acceptors (Lipinski definition) is 3. The zero-order valence-electron chi connectivity index (χ0n) is 14.8. The van der Waals surface area contributed by atoms with Crippen molar-refractivity contribution in [3.05, 3.63) is 0 Å². The molecule has 1 aliphatic rings. The second kappa shape index (κ2) is 8.02. The summed E-state index contributed by atoms with van der Waals surface area (Å²) in [6.45, 7) is 9.85. The molecule has 1 fully saturated rings. The highest BCUT2D eigenvalue weighted by atomic mass is 16.6. The van der Waals surface area contributed by atoms with Gasteiger partial charge in [0.15, 0.2) is 0 Å². The lowest BCUT2D eigenvalue weighted by Gasteiger charge is -2.34. The Kier molecular flexibility index (Phi) is 6.98. The molecule has 0 aromatic rings. The van der Waals surface area contributed by atoms with Crippen molar-refractivity contribution in [2.24, 2.45) is 5.92 Å². The van der Waals surface area contributed by atoms with Crippen molar-refractivity contribution in [2.75, 3.05) is 27.2 Å². The number of carbonyl (C=O) groups is 1. The molecule has 124 valence electrons. The van der Waals surface area contributed by atoms with E-state index in [0.29, 0.717) is 0 Å². The van der Waals surface area contributed by atoms with E-state index >= 15 is 0 Å². The van der Waals surface area contributed by atoms with Gasteiger partial charge in [-0.15, -0.1) is 0 Å². The molecule has 0 aromatic carbocycles. The predicted octanol–water partition coefficient (Wildman–Crippen LogP) is 3.75. The van der Waals surface area contributed by atoms with Gasteiger partial charge in [0.2, 0.25) is 0 Å². The Morgan fingerprint density at radius 2 is 1.67 bits per heavy atom. The van der Waals surface area contributed by atoms with Crippen molar-refractivity contribution in [2.45, 2.75) is 71.4 Å². The van der Waals surface area contributed by atoms with Gasteiger partial charge in [-0.2, -0.15) is 0 Å². The molecule has 0 unspecified atom stereocenters. The maximum Gasteiger partial charge on any atom is 0.410 e. The molecule has 0 heterocycles. The highest BCUT2D eigenvalue weighted by Gasteiger charge is 2.22. The first kappa shape index (κ1) is 18.3. The second-order valence-corrected chi connectivity index (χ2v) is 7.65. The predicted molar refractivity (Wildman–Crippen MR) is 87.5 cm³/mol. The number of nitrogens with zero attached hydrogens (tertiary/aromatic N) is 2. The normalized spacial score (nSPS) is 23.2. The Hall–Kier alpha value is -0.770. The Balaban J connectivity index is 2.21. The summed E-state index contributed by atoms with van der Waals surface area (Å²) in [5, 5.41) is 0. The minimum atomic E-state index is -0.416. The van der Waals surface area contributed by atoms with Gasteiger partial charge < -0.3 is 14.5 Å². The first-order valence-corrected chi connectivity index (χ1v) is 8.33. The number of hydrogen-bond donors (Lipinski definition) is 0. The minimum absolute atomic E-state index is 0.225. The molecule has 0 aromatic heterocycles. The molecule has 0 spiro atoms. The first-order valence-electron chi connectivity index (χ1n) is 8.33. The lowest BCUT2D eigenvalue weighted by molar-refractivity contribution is 0.0290. The van der Waals surface area contributed by atoms with Gasteiger partial charge in [0, 0.05) is 19.6 Å². The summed E-state index contributed by atoms with van der Waals surface area (Å²) in [5.74, 6) is 0.896. The van der Waals surface area contributed by atoms with E-state index in [2.05, 4.69) is 18.9 Å². The van der Waals surface area contributed by atoms with Crippen molar-refractivity contribution in [3.8, 4) is 0 Å². The summed E-state index contributed by atoms with van der Waals surface area (Å²) in [6.07, 6.45) is 6.12. The summed E-state index contributed by atoms with van der Waals surface area (Å²) < 4.78 is 5.36. The molecule has 1 rings (SSSR count). The molecular weight excluding hydrogens is 264 g/mol. The highest BCUT2D eigenvalue weighted by Crippen LogP contribution is 2.26. The Morgan fingerprint density at radius 1 is 1.10 bits per heavy atom. The van der Waals surface area contributed by atoms with Crippen LogP contribution in [0, 0.1) is 5.92 Å². The number of amides is 1. The van der Waals surface area contributed by atoms with Gasteiger partial charge in [-0.25, -0.2) is 4.79 Å². The zero-order valence-corrected chi connectivity index (χ0v) is 14.8. The summed E-state index contributed by atoms with van der Waals surface area (Å²) >= 11 is 0. The lowest BCUT2D eigenvalue weighted by Crippen LogP contribution is -2.38. The molecule has 1 saturated carbocycles. The molecule has 4 nitrogen and oxygen atoms in total. The van der Waals surface area contributed by atoms with Crippen LogP contribution in [0.5, 0.6) is 0 Å². The van der Waals surface area contributed by atoms with E-state index in [1.165, 1.54) is 25.7 Å². The van der Waals surface area contributed by atoms with Crippen molar-refractivity contribution in [1.82, 2.24) is 9.80 Å². The molecule has 0 aliphatic heterocycles. The monoisotopic (exact) mass is 298 g/mol. The van der Waals surface area contributed by atoms with Crippen LogP contribution in [0.3, 0.4) is 0 Å². The van der Waals surface area contributed by atoms with E-state index in [1.807, 2.05) is 27.8 Å². The topological polar surface area (TPSA) is 32.8 Å². The molecule has 0 saturated heterocycles. The summed E-state index contributed by atoms with van der Waals surface area (Å²) in [4.78, 5) is 16.0. The molecular formula is C17H34N2O2. The van der Waals surface area contributed by atoms with Crippen LogP contribution in [0.4, 0.5) is 4.79 Å². The maximum atomic E-state index is 11.9. The van der Waals surface area contributed by atoms with Crippen LogP contribution >= 0.6 is 0 Å². The van der Waals surface area contributed by atoms with Gasteiger partial charge in [0.05, 0.1) is 0 Å². The number of carbonyl (C=O) groups excluding carboxylic acids is 1. The molecule has 1 aliphatic carbocycles. The molecule has 0 radical (unpaired) electrons. The van der Waals surface area contributed by atoms with E-state index in [-0.39, 0.29) is 6.09 Å². The standard InChI is InChI=1S/C17H34N2O2/c1-14-8-10-15(11-9-14)18(5)12-7-13-19(6)16(20)21-17(2,3)4/h14-15H,7-13H2,1-6H3/t14-,15-. The maximum absolute atomic E-state index is 11.9. The number of rotatable bonds is 5. The number of ether oxygens (including phenoxy) is 1. The molecule has 4 heteroatoms. The third-order valence-corrected chi connectivity index (χ3v) is 4.32. The highest BCUT2D eigenvalue weighted by molar-refractivity contribution is 5.67. The quantitative estimate of drug-likeness (QED) is 0.775. The average Bonchev–Trinajstić information content (AvgIpc) is 2.37. The van der Waals surface area contributed by atoms with E-state index < -0.39 is 5.60 Å². The van der Waals surface area contributed by atoms with E-state index in [1.54, 1.807) is 4.90 Å². The Morgan fingerprint density at radius 3 is 2.19 bits per heavy atom. The van der Waals surface area contributed by atoms with Gasteiger partial charge in [-0.3, -0.25) is 0 Å². The zero-order chi connectivity index (χ0) is 16.0. The van der Waals surface area contributed by atoms with Gasteiger partial charge in [-0.1, -0.05) is 6.92 Å². The Bertz CT molecular complexity index is 317. The van der Waals surface area contributed by atoms with Gasteiger partial charge in [0.1, 0.15) is 5.60 Å². The van der Waals surface area contributed by atoms with Crippen LogP contribution in [0.2, 0.25) is 0 Å². The van der Waals surface area contributed by atoms with Crippen LogP contribution < -0.4 is 0 Å². The van der Waals surface area contributed by atoms with Crippen LogP contribution in [0.25, 0.3) is 0 Å². The van der Waals surface area contributed by atoms with Crippen LogP contribution in [-0.4, -0.2) is 54.7 Å². The van der Waals surface area contributed by atoms with E-state index in [4.69, 9.17) is 4.74 Å². The van der Waals surface area contributed by atoms with Crippen LogP contribution in [-0.2, 0) is 4.74 Å². The fourth-order valence-electron chi connectivity index (χ4n) is 2.85. The fourth-order valence-corrected chi connectivity index (χ4v) is 2.85. The van der Waals surface area contributed by atoms with Gasteiger partial charge in [-0.05, 0) is 72.4 Å². The Labute approximate surface area is 130 Å². The average molecular weight is 298 g/mol. The fraction of sp³-hybridized carbons (Fsp3) is 0.941. The van der Waals surface area contributed by atoms with Gasteiger partial charge in [0.25, 0.3) is 0 Å². The van der Waals surface area contributed by atoms with Crippen LogP contribution in [0.15, 0.2) is 0 Å². The van der Waals surface area contributed by atoms with Crippen molar-refractivity contribution in [1.29, 1.82) is 0 Å². The minimum Gasteiger partial charge on any atom is -0.444 e. The van der Waals surface area contributed by atoms with Gasteiger partial charge >= 0.3 is 6.09 Å². The SMILES string of the molecule is CN(CCCN(C)[C@H]1CC[C@H](C)CC1)C(=O)OC(C)(C)C. The summed E-state index contributed by atoms with van der Waals surface area (Å²) in [7, 11) is 4.03. The summed E-state index contributed by atoms with van der Waals surface area (Å²) in [5.41, 5.74) is -0.416. The second-order valence-electron chi connectivity index (χ2n) is 7.65. The van der Waals surface area contributed by atoms with Crippen molar-refractivity contribution >= 4 is 6.09 Å². The molecule has 0 atom stereocenters. The third-order valence-electron chi connectivity index (χ3n) is 4.32. The molecule has 0 N–H and O–H groups in total. The molecule has 1 amide bonds. The summed E-state index contributed by atoms with van der Waals surface area (Å²) in [6, 6.07) is 0.730. The molecule has 21 heavy (non-hydrogen) atoms. The largest absolute Gasteiger partial charge is 0.444 e.